The first-order chi connectivity index (χ1) is 5.11. The van der Waals surface area contributed by atoms with Crippen LogP contribution in [0.25, 0.3) is 0 Å². The first-order valence-electron chi connectivity index (χ1n) is 3.15. The van der Waals surface area contributed by atoms with Gasteiger partial charge in [0, 0.05) is 16.3 Å². The lowest BCUT2D eigenvalue weighted by Crippen LogP contribution is -1.91. The van der Waals surface area contributed by atoms with Gasteiger partial charge < -0.3 is 10.5 Å². The molecule has 0 unspecified atom stereocenters. The summed E-state index contributed by atoms with van der Waals surface area (Å²) in [6, 6.07) is 4.70. The lowest BCUT2D eigenvalue weighted by Gasteiger charge is -2.01. The summed E-state index contributed by atoms with van der Waals surface area (Å²) >= 11 is 5.59. The van der Waals surface area contributed by atoms with Gasteiger partial charge in [-0.25, -0.2) is 0 Å². The highest BCUT2D eigenvalue weighted by molar-refractivity contribution is 6.30. The summed E-state index contributed by atoms with van der Waals surface area (Å²) < 4.78 is 0. The van der Waals surface area contributed by atoms with Gasteiger partial charge in [-0.2, -0.15) is 0 Å². The predicted octanol–water partition coefficient (Wildman–Crippen LogP) is 2.43. The van der Waals surface area contributed by atoms with Gasteiger partial charge in [-0.3, -0.25) is 0 Å². The van der Waals surface area contributed by atoms with E-state index in [0.29, 0.717) is 16.3 Å². The van der Waals surface area contributed by atoms with Crippen molar-refractivity contribution in [2.45, 2.75) is 6.92 Å². The van der Waals surface area contributed by atoms with Crippen LogP contribution in [-0.2, 0) is 0 Å². The zero-order chi connectivity index (χ0) is 8.43. The Labute approximate surface area is 69.9 Å². The Morgan fingerprint density at radius 3 is 2.64 bits per heavy atom. The lowest BCUT2D eigenvalue weighted by molar-refractivity contribution is 0.474. The molecule has 0 bridgehead atoms. The van der Waals surface area contributed by atoms with Crippen molar-refractivity contribution in [3.63, 3.8) is 0 Å². The molecule has 0 aliphatic rings. The van der Waals surface area contributed by atoms with Gasteiger partial charge in [0.05, 0.1) is 0 Å². The highest BCUT2D eigenvalue weighted by Gasteiger charge is 2.02. The lowest BCUT2D eigenvalue weighted by atomic mass is 10.1. The number of aromatic hydroxyl groups is 1. The number of rotatable bonds is 1. The highest BCUT2D eigenvalue weighted by atomic mass is 35.5. The number of halogens is 1. The average molecular weight is 170 g/mol. The fraction of sp³-hybridized carbons (Fsp3) is 0.125. The van der Waals surface area contributed by atoms with E-state index < -0.39 is 0 Å². The molecule has 1 aromatic rings. The Morgan fingerprint density at radius 1 is 1.55 bits per heavy atom. The molecule has 1 rings (SSSR count). The molecule has 3 heteroatoms. The van der Waals surface area contributed by atoms with Crippen molar-refractivity contribution in [2.24, 2.45) is 0 Å². The Hall–Kier alpha value is -1.02. The van der Waals surface area contributed by atoms with Crippen LogP contribution in [-0.4, -0.2) is 10.8 Å². The third-order valence-corrected chi connectivity index (χ3v) is 1.60. The van der Waals surface area contributed by atoms with Crippen LogP contribution in [0, 0.1) is 5.41 Å². The van der Waals surface area contributed by atoms with Crippen molar-refractivity contribution in [3.05, 3.63) is 28.8 Å². The van der Waals surface area contributed by atoms with Gasteiger partial charge in [0.2, 0.25) is 0 Å². The summed E-state index contributed by atoms with van der Waals surface area (Å²) in [4.78, 5) is 0. The van der Waals surface area contributed by atoms with Crippen molar-refractivity contribution >= 4 is 17.3 Å². The SMILES string of the molecule is CC(=N)c1ccc(Cl)cc1O. The maximum atomic E-state index is 9.24. The minimum Gasteiger partial charge on any atom is -0.507 e. The highest BCUT2D eigenvalue weighted by Crippen LogP contribution is 2.21. The molecule has 0 radical (unpaired) electrons. The van der Waals surface area contributed by atoms with Crippen molar-refractivity contribution in [1.29, 1.82) is 5.41 Å². The Morgan fingerprint density at radius 2 is 2.18 bits per heavy atom. The molecule has 0 saturated heterocycles. The van der Waals surface area contributed by atoms with Crippen LogP contribution >= 0.6 is 11.6 Å². The molecule has 58 valence electrons. The van der Waals surface area contributed by atoms with E-state index in [4.69, 9.17) is 17.0 Å². The van der Waals surface area contributed by atoms with Crippen LogP contribution in [0.1, 0.15) is 12.5 Å². The zero-order valence-corrected chi connectivity index (χ0v) is 6.81. The second kappa shape index (κ2) is 2.93. The predicted molar refractivity (Wildman–Crippen MR) is 45.6 cm³/mol. The molecular weight excluding hydrogens is 162 g/mol. The normalized spacial score (nSPS) is 9.64. The third kappa shape index (κ3) is 1.71. The Balaban J connectivity index is 3.20. The van der Waals surface area contributed by atoms with Crippen LogP contribution < -0.4 is 0 Å². The van der Waals surface area contributed by atoms with Crippen LogP contribution in [0.3, 0.4) is 0 Å². The monoisotopic (exact) mass is 169 g/mol. The summed E-state index contributed by atoms with van der Waals surface area (Å²) in [6.45, 7) is 1.61. The van der Waals surface area contributed by atoms with Crippen LogP contribution in [0.5, 0.6) is 5.75 Å². The molecule has 11 heavy (non-hydrogen) atoms. The van der Waals surface area contributed by atoms with Crippen LogP contribution in [0.4, 0.5) is 0 Å². The average Bonchev–Trinajstić information content (AvgIpc) is 1.85. The van der Waals surface area contributed by atoms with E-state index in [-0.39, 0.29) is 5.75 Å². The molecule has 0 aliphatic heterocycles. The molecule has 2 nitrogen and oxygen atoms in total. The van der Waals surface area contributed by atoms with Gasteiger partial charge in [-0.1, -0.05) is 11.6 Å². The van der Waals surface area contributed by atoms with Gasteiger partial charge >= 0.3 is 0 Å². The minimum absolute atomic E-state index is 0.0602. The number of phenolic OH excluding ortho intramolecular Hbond substituents is 1. The van der Waals surface area contributed by atoms with E-state index in [2.05, 4.69) is 0 Å². The van der Waals surface area contributed by atoms with Crippen molar-refractivity contribution in [3.8, 4) is 5.75 Å². The topological polar surface area (TPSA) is 44.1 Å². The molecule has 0 aromatic heterocycles. The van der Waals surface area contributed by atoms with Gasteiger partial charge in [-0.15, -0.1) is 0 Å². The Bertz CT molecular complexity index is 296. The summed E-state index contributed by atoms with van der Waals surface area (Å²) in [5.41, 5.74) is 0.855. The Kier molecular flexibility index (Phi) is 2.15. The maximum Gasteiger partial charge on any atom is 0.126 e. The van der Waals surface area contributed by atoms with E-state index in [1.807, 2.05) is 0 Å². The summed E-state index contributed by atoms with van der Waals surface area (Å²) in [5, 5.41) is 17.0. The fourth-order valence-electron chi connectivity index (χ4n) is 0.822. The van der Waals surface area contributed by atoms with E-state index in [0.717, 1.165) is 0 Å². The number of hydrogen-bond donors (Lipinski definition) is 2. The quantitative estimate of drug-likeness (QED) is 0.623. The molecule has 2 N–H and O–H groups in total. The molecule has 0 aliphatic carbocycles. The first kappa shape index (κ1) is 8.08. The van der Waals surface area contributed by atoms with Crippen molar-refractivity contribution in [2.75, 3.05) is 0 Å². The largest absolute Gasteiger partial charge is 0.507 e. The second-order valence-corrected chi connectivity index (χ2v) is 2.72. The molecule has 0 atom stereocenters. The molecular formula is C8H8ClNO. The molecule has 0 fully saturated rings. The number of nitrogens with one attached hydrogen (secondary N) is 1. The van der Waals surface area contributed by atoms with Crippen LogP contribution in [0.2, 0.25) is 5.02 Å². The molecule has 0 heterocycles. The summed E-state index contributed by atoms with van der Waals surface area (Å²) in [7, 11) is 0. The number of hydrogen-bond acceptors (Lipinski definition) is 2. The van der Waals surface area contributed by atoms with E-state index >= 15 is 0 Å². The van der Waals surface area contributed by atoms with Gasteiger partial charge in [0.25, 0.3) is 0 Å². The van der Waals surface area contributed by atoms with Gasteiger partial charge in [0.1, 0.15) is 5.75 Å². The molecule has 0 amide bonds. The zero-order valence-electron chi connectivity index (χ0n) is 6.06. The minimum atomic E-state index is 0.0602. The molecule has 0 saturated carbocycles. The molecule has 0 spiro atoms. The molecule has 1 aromatic carbocycles. The van der Waals surface area contributed by atoms with E-state index in [1.165, 1.54) is 6.07 Å². The van der Waals surface area contributed by atoms with E-state index in [9.17, 15) is 5.11 Å². The second-order valence-electron chi connectivity index (χ2n) is 2.29. The number of phenols is 1. The smallest absolute Gasteiger partial charge is 0.126 e. The maximum absolute atomic E-state index is 9.24. The standard InChI is InChI=1S/C8H8ClNO/c1-5(10)7-3-2-6(9)4-8(7)11/h2-4,10-11H,1H3. The van der Waals surface area contributed by atoms with Crippen LogP contribution in [0.15, 0.2) is 18.2 Å². The van der Waals surface area contributed by atoms with Gasteiger partial charge in [-0.05, 0) is 25.1 Å². The first-order valence-corrected chi connectivity index (χ1v) is 3.53. The van der Waals surface area contributed by atoms with Crippen molar-refractivity contribution in [1.82, 2.24) is 0 Å². The summed E-state index contributed by atoms with van der Waals surface area (Å²) in [6.07, 6.45) is 0. The third-order valence-electron chi connectivity index (χ3n) is 1.36. The summed E-state index contributed by atoms with van der Waals surface area (Å²) in [5.74, 6) is 0.0602. The van der Waals surface area contributed by atoms with Crippen molar-refractivity contribution < 1.29 is 5.11 Å². The fourth-order valence-corrected chi connectivity index (χ4v) is 0.988. The van der Waals surface area contributed by atoms with Gasteiger partial charge in [0.15, 0.2) is 0 Å². The van der Waals surface area contributed by atoms with E-state index in [1.54, 1.807) is 19.1 Å². The number of benzene rings is 1.